The second-order valence-corrected chi connectivity index (χ2v) is 8.26. The van der Waals surface area contributed by atoms with Gasteiger partial charge in [-0.25, -0.2) is 4.68 Å². The van der Waals surface area contributed by atoms with Crippen LogP contribution < -0.4 is 5.84 Å². The third-order valence-corrected chi connectivity index (χ3v) is 6.33. The summed E-state index contributed by atoms with van der Waals surface area (Å²) in [6, 6.07) is 4.28. The zero-order chi connectivity index (χ0) is 17.1. The van der Waals surface area contributed by atoms with E-state index in [2.05, 4.69) is 17.1 Å². The van der Waals surface area contributed by atoms with Crippen molar-refractivity contribution < 1.29 is 4.79 Å². The normalized spacial score (nSPS) is 19.4. The molecule has 130 valence electrons. The number of hydrogen-bond acceptors (Lipinski definition) is 6. The zero-order valence-electron chi connectivity index (χ0n) is 14.0. The fourth-order valence-corrected chi connectivity index (χ4v) is 4.63. The summed E-state index contributed by atoms with van der Waals surface area (Å²) in [7, 11) is 0. The monoisotopic (exact) mass is 365 g/mol. The van der Waals surface area contributed by atoms with Crippen molar-refractivity contribution in [2.24, 2.45) is 0 Å². The van der Waals surface area contributed by atoms with E-state index in [9.17, 15) is 4.79 Å². The molecule has 0 aliphatic carbocycles. The minimum atomic E-state index is -0.222. The van der Waals surface area contributed by atoms with Crippen LogP contribution in [0.4, 0.5) is 0 Å². The van der Waals surface area contributed by atoms with Gasteiger partial charge < -0.3 is 10.7 Å². The fourth-order valence-electron chi connectivity index (χ4n) is 3.09. The smallest absolute Gasteiger partial charge is 0.236 e. The Bertz CT molecular complexity index is 685. The lowest BCUT2D eigenvalue weighted by Crippen LogP contribution is -2.46. The zero-order valence-corrected chi connectivity index (χ0v) is 15.6. The molecule has 2 unspecified atom stereocenters. The Labute approximate surface area is 150 Å². The molecule has 0 saturated carbocycles. The molecule has 0 spiro atoms. The minimum Gasteiger partial charge on any atom is -0.339 e. The van der Waals surface area contributed by atoms with Crippen LogP contribution in [0.15, 0.2) is 22.7 Å². The van der Waals surface area contributed by atoms with Crippen molar-refractivity contribution in [3.8, 4) is 10.7 Å². The number of carbonyl (C=O) groups is 1. The Kier molecular flexibility index (Phi) is 5.45. The van der Waals surface area contributed by atoms with E-state index in [1.165, 1.54) is 22.9 Å². The minimum absolute atomic E-state index is 0.173. The Morgan fingerprint density at radius 3 is 3.04 bits per heavy atom. The second kappa shape index (κ2) is 7.57. The molecular weight excluding hydrogens is 342 g/mol. The van der Waals surface area contributed by atoms with Gasteiger partial charge in [0.25, 0.3) is 0 Å². The van der Waals surface area contributed by atoms with Gasteiger partial charge in [0.1, 0.15) is 0 Å². The number of amides is 1. The Morgan fingerprint density at radius 1 is 1.50 bits per heavy atom. The Hall–Kier alpha value is -1.54. The molecule has 1 amide bonds. The molecule has 24 heavy (non-hydrogen) atoms. The predicted molar refractivity (Wildman–Crippen MR) is 98.4 cm³/mol. The standard InChI is InChI=1S/C16H23N5OS2/c1-3-12-7-4-5-9-20(12)15(22)11(2)24-16-19-18-14(21(16)17)13-8-6-10-23-13/h6,8,10-12H,3-5,7,9,17H2,1-2H3. The molecule has 0 bridgehead atoms. The van der Waals surface area contributed by atoms with Crippen LogP contribution in [0.25, 0.3) is 10.7 Å². The van der Waals surface area contributed by atoms with Crippen LogP contribution in [-0.4, -0.2) is 43.5 Å². The number of rotatable bonds is 5. The molecule has 3 heterocycles. The highest BCUT2D eigenvalue weighted by Crippen LogP contribution is 2.29. The lowest BCUT2D eigenvalue weighted by molar-refractivity contribution is -0.134. The van der Waals surface area contributed by atoms with E-state index in [-0.39, 0.29) is 11.2 Å². The van der Waals surface area contributed by atoms with Crippen LogP contribution in [0.5, 0.6) is 0 Å². The van der Waals surface area contributed by atoms with E-state index in [4.69, 9.17) is 5.84 Å². The summed E-state index contributed by atoms with van der Waals surface area (Å²) >= 11 is 2.95. The summed E-state index contributed by atoms with van der Waals surface area (Å²) in [5, 5.41) is 10.7. The molecule has 1 aliphatic heterocycles. The van der Waals surface area contributed by atoms with E-state index in [0.29, 0.717) is 17.0 Å². The van der Waals surface area contributed by atoms with Gasteiger partial charge in [0.05, 0.1) is 10.1 Å². The first kappa shape index (κ1) is 17.3. The molecular formula is C16H23N5OS2. The Morgan fingerprint density at radius 2 is 2.33 bits per heavy atom. The SMILES string of the molecule is CCC1CCCCN1C(=O)C(C)Sc1nnc(-c2cccs2)n1N. The molecule has 1 fully saturated rings. The summed E-state index contributed by atoms with van der Waals surface area (Å²) in [6.07, 6.45) is 4.42. The fraction of sp³-hybridized carbons (Fsp3) is 0.562. The molecule has 2 N–H and O–H groups in total. The van der Waals surface area contributed by atoms with Gasteiger partial charge in [-0.3, -0.25) is 4.79 Å². The molecule has 6 nitrogen and oxygen atoms in total. The van der Waals surface area contributed by atoms with Crippen molar-refractivity contribution in [1.82, 2.24) is 19.8 Å². The van der Waals surface area contributed by atoms with Crippen LogP contribution >= 0.6 is 23.1 Å². The molecule has 8 heteroatoms. The van der Waals surface area contributed by atoms with Crippen molar-refractivity contribution in [2.75, 3.05) is 12.4 Å². The van der Waals surface area contributed by atoms with Gasteiger partial charge in [0.15, 0.2) is 5.82 Å². The summed E-state index contributed by atoms with van der Waals surface area (Å²) in [5.41, 5.74) is 0. The van der Waals surface area contributed by atoms with Crippen molar-refractivity contribution in [1.29, 1.82) is 0 Å². The number of likely N-dealkylation sites (tertiary alicyclic amines) is 1. The number of nitrogen functional groups attached to an aromatic ring is 1. The lowest BCUT2D eigenvalue weighted by Gasteiger charge is -2.36. The number of nitrogens with zero attached hydrogens (tertiary/aromatic N) is 4. The maximum Gasteiger partial charge on any atom is 0.236 e. The van der Waals surface area contributed by atoms with Gasteiger partial charge in [0.2, 0.25) is 11.1 Å². The van der Waals surface area contributed by atoms with Crippen molar-refractivity contribution in [3.05, 3.63) is 17.5 Å². The van der Waals surface area contributed by atoms with Crippen LogP contribution in [-0.2, 0) is 4.79 Å². The summed E-state index contributed by atoms with van der Waals surface area (Å²) < 4.78 is 1.48. The van der Waals surface area contributed by atoms with E-state index in [1.807, 2.05) is 29.3 Å². The van der Waals surface area contributed by atoms with Gasteiger partial charge in [0, 0.05) is 12.6 Å². The van der Waals surface area contributed by atoms with Gasteiger partial charge >= 0.3 is 0 Å². The molecule has 2 aromatic rings. The number of thioether (sulfide) groups is 1. The van der Waals surface area contributed by atoms with E-state index in [0.717, 1.165) is 30.7 Å². The maximum absolute atomic E-state index is 12.8. The summed E-state index contributed by atoms with van der Waals surface area (Å²) in [4.78, 5) is 15.8. The number of hydrogen-bond donors (Lipinski definition) is 1. The Balaban J connectivity index is 1.70. The number of thiophene rings is 1. The molecule has 3 rings (SSSR count). The van der Waals surface area contributed by atoms with Crippen molar-refractivity contribution >= 4 is 29.0 Å². The number of nitrogens with two attached hydrogens (primary N) is 1. The highest BCUT2D eigenvalue weighted by molar-refractivity contribution is 8.00. The highest BCUT2D eigenvalue weighted by atomic mass is 32.2. The largest absolute Gasteiger partial charge is 0.339 e. The second-order valence-electron chi connectivity index (χ2n) is 6.00. The average molecular weight is 366 g/mol. The lowest BCUT2D eigenvalue weighted by atomic mass is 10.00. The van der Waals surface area contributed by atoms with E-state index < -0.39 is 0 Å². The predicted octanol–water partition coefficient (Wildman–Crippen LogP) is 2.99. The van der Waals surface area contributed by atoms with Crippen LogP contribution in [0.2, 0.25) is 0 Å². The summed E-state index contributed by atoms with van der Waals surface area (Å²) in [5.74, 6) is 6.94. The molecule has 2 atom stereocenters. The van der Waals surface area contributed by atoms with Crippen LogP contribution in [0, 0.1) is 0 Å². The van der Waals surface area contributed by atoms with E-state index >= 15 is 0 Å². The first-order chi connectivity index (χ1) is 11.6. The third kappa shape index (κ3) is 3.44. The average Bonchev–Trinajstić information content (AvgIpc) is 3.24. The van der Waals surface area contributed by atoms with Crippen LogP contribution in [0.1, 0.15) is 39.5 Å². The van der Waals surface area contributed by atoms with Crippen LogP contribution in [0.3, 0.4) is 0 Å². The number of aromatic nitrogens is 3. The topological polar surface area (TPSA) is 77.0 Å². The first-order valence-electron chi connectivity index (χ1n) is 8.33. The molecule has 1 aliphatic rings. The van der Waals surface area contributed by atoms with Gasteiger partial charge in [-0.2, -0.15) is 0 Å². The summed E-state index contributed by atoms with van der Waals surface area (Å²) in [6.45, 7) is 4.93. The maximum atomic E-state index is 12.8. The quantitative estimate of drug-likeness (QED) is 0.651. The van der Waals surface area contributed by atoms with Crippen molar-refractivity contribution in [3.63, 3.8) is 0 Å². The molecule has 0 aromatic carbocycles. The molecule has 1 saturated heterocycles. The third-order valence-electron chi connectivity index (χ3n) is 4.42. The number of piperidine rings is 1. The number of carbonyl (C=O) groups excluding carboxylic acids is 1. The highest BCUT2D eigenvalue weighted by Gasteiger charge is 2.30. The van der Waals surface area contributed by atoms with Gasteiger partial charge in [-0.05, 0) is 44.1 Å². The first-order valence-corrected chi connectivity index (χ1v) is 10.1. The molecule has 2 aromatic heterocycles. The van der Waals surface area contributed by atoms with Gasteiger partial charge in [-0.15, -0.1) is 21.5 Å². The van der Waals surface area contributed by atoms with Crippen molar-refractivity contribution in [2.45, 2.75) is 56.0 Å². The van der Waals surface area contributed by atoms with Gasteiger partial charge in [-0.1, -0.05) is 24.8 Å². The molecule has 0 radical (unpaired) electrons. The van der Waals surface area contributed by atoms with E-state index in [1.54, 1.807) is 11.3 Å².